The van der Waals surface area contributed by atoms with Crippen molar-refractivity contribution in [3.05, 3.63) is 53.7 Å². The maximum Gasteiger partial charge on any atom is 0.354 e. The minimum atomic E-state index is -1.16. The number of rotatable bonds is 4. The average Bonchev–Trinajstić information content (AvgIpc) is 2.38. The topological polar surface area (TPSA) is 99.5 Å². The zero-order valence-corrected chi connectivity index (χ0v) is 10.4. The van der Waals surface area contributed by atoms with Gasteiger partial charge in [-0.25, -0.2) is 9.78 Å². The van der Waals surface area contributed by atoms with E-state index in [9.17, 15) is 14.7 Å². The SMILES string of the molecule is O=C(Cc1cccc(O)c1)Nc1cccc(C(=O)O)n1. The van der Waals surface area contributed by atoms with E-state index in [4.69, 9.17) is 5.11 Å². The summed E-state index contributed by atoms with van der Waals surface area (Å²) in [5.74, 6) is -1.24. The molecule has 0 aliphatic heterocycles. The molecule has 0 aliphatic carbocycles. The van der Waals surface area contributed by atoms with E-state index in [1.807, 2.05) is 0 Å². The fourth-order valence-corrected chi connectivity index (χ4v) is 1.66. The van der Waals surface area contributed by atoms with Crippen molar-refractivity contribution in [2.75, 3.05) is 5.32 Å². The monoisotopic (exact) mass is 272 g/mol. The van der Waals surface area contributed by atoms with Gasteiger partial charge in [-0.1, -0.05) is 18.2 Å². The number of hydrogen-bond acceptors (Lipinski definition) is 4. The standard InChI is InChI=1S/C14H12N2O4/c17-10-4-1-3-9(7-10)8-13(18)16-12-6-2-5-11(15-12)14(19)20/h1-7,17H,8H2,(H,19,20)(H,15,16,18). The van der Waals surface area contributed by atoms with Gasteiger partial charge in [0.25, 0.3) is 0 Å². The van der Waals surface area contributed by atoms with E-state index in [-0.39, 0.29) is 29.6 Å². The second kappa shape index (κ2) is 5.83. The molecule has 1 amide bonds. The number of nitrogens with one attached hydrogen (secondary N) is 1. The van der Waals surface area contributed by atoms with Gasteiger partial charge in [0, 0.05) is 0 Å². The van der Waals surface area contributed by atoms with Crippen LogP contribution in [0.25, 0.3) is 0 Å². The van der Waals surface area contributed by atoms with Gasteiger partial charge in [-0.15, -0.1) is 0 Å². The number of nitrogens with zero attached hydrogens (tertiary/aromatic N) is 1. The summed E-state index contributed by atoms with van der Waals surface area (Å²) in [5, 5.41) is 20.6. The summed E-state index contributed by atoms with van der Waals surface area (Å²) in [5.41, 5.74) is 0.511. The molecular formula is C14H12N2O4. The maximum atomic E-state index is 11.8. The minimum absolute atomic E-state index is 0.0629. The van der Waals surface area contributed by atoms with Crippen molar-refractivity contribution >= 4 is 17.7 Å². The van der Waals surface area contributed by atoms with Crippen molar-refractivity contribution in [2.24, 2.45) is 0 Å². The van der Waals surface area contributed by atoms with Crippen LogP contribution in [0, 0.1) is 0 Å². The van der Waals surface area contributed by atoms with Gasteiger partial charge in [-0.2, -0.15) is 0 Å². The lowest BCUT2D eigenvalue weighted by molar-refractivity contribution is -0.115. The third-order valence-corrected chi connectivity index (χ3v) is 2.51. The van der Waals surface area contributed by atoms with Gasteiger partial charge in [0.05, 0.1) is 6.42 Å². The van der Waals surface area contributed by atoms with Crippen LogP contribution in [0.2, 0.25) is 0 Å². The quantitative estimate of drug-likeness (QED) is 0.786. The molecule has 0 saturated heterocycles. The first-order valence-corrected chi connectivity index (χ1v) is 5.83. The van der Waals surface area contributed by atoms with Crippen LogP contribution >= 0.6 is 0 Å². The van der Waals surface area contributed by atoms with Crippen molar-refractivity contribution in [1.82, 2.24) is 4.98 Å². The lowest BCUT2D eigenvalue weighted by atomic mass is 10.1. The normalized spacial score (nSPS) is 10.0. The lowest BCUT2D eigenvalue weighted by Gasteiger charge is -2.05. The zero-order valence-electron chi connectivity index (χ0n) is 10.4. The van der Waals surface area contributed by atoms with Crippen LogP contribution in [0.3, 0.4) is 0 Å². The van der Waals surface area contributed by atoms with Crippen molar-refractivity contribution in [1.29, 1.82) is 0 Å². The first kappa shape index (κ1) is 13.5. The summed E-state index contributed by atoms with van der Waals surface area (Å²) in [4.78, 5) is 26.3. The van der Waals surface area contributed by atoms with Crippen LogP contribution in [0.1, 0.15) is 16.1 Å². The maximum absolute atomic E-state index is 11.8. The van der Waals surface area contributed by atoms with Crippen LogP contribution in [0.15, 0.2) is 42.5 Å². The summed E-state index contributed by atoms with van der Waals surface area (Å²) in [7, 11) is 0. The third-order valence-electron chi connectivity index (χ3n) is 2.51. The van der Waals surface area contributed by atoms with Gasteiger partial charge in [-0.05, 0) is 29.8 Å². The molecule has 20 heavy (non-hydrogen) atoms. The molecule has 6 nitrogen and oxygen atoms in total. The number of carbonyl (C=O) groups is 2. The number of hydrogen-bond donors (Lipinski definition) is 3. The number of aromatic hydroxyl groups is 1. The van der Waals surface area contributed by atoms with Gasteiger partial charge in [0.15, 0.2) is 5.69 Å². The number of phenolic OH excluding ortho intramolecular Hbond substituents is 1. The summed E-state index contributed by atoms with van der Waals surface area (Å²) in [6, 6.07) is 10.7. The second-order valence-electron chi connectivity index (χ2n) is 4.11. The Kier molecular flexibility index (Phi) is 3.95. The van der Waals surface area contributed by atoms with Gasteiger partial charge >= 0.3 is 5.97 Å². The third kappa shape index (κ3) is 3.55. The van der Waals surface area contributed by atoms with E-state index in [0.29, 0.717) is 5.56 Å². The Bertz CT molecular complexity index is 655. The van der Waals surface area contributed by atoms with E-state index in [0.717, 1.165) is 0 Å². The fourth-order valence-electron chi connectivity index (χ4n) is 1.66. The number of benzene rings is 1. The van der Waals surface area contributed by atoms with Gasteiger partial charge < -0.3 is 15.5 Å². The van der Waals surface area contributed by atoms with Crippen molar-refractivity contribution in [2.45, 2.75) is 6.42 Å². The molecule has 0 spiro atoms. The molecule has 2 aromatic rings. The van der Waals surface area contributed by atoms with Crippen LogP contribution in [0.4, 0.5) is 5.82 Å². The largest absolute Gasteiger partial charge is 0.508 e. The Hall–Kier alpha value is -2.89. The number of aromatic nitrogens is 1. The summed E-state index contributed by atoms with van der Waals surface area (Å²) in [6.45, 7) is 0. The van der Waals surface area contributed by atoms with Gasteiger partial charge in [0.1, 0.15) is 11.6 Å². The first-order valence-electron chi connectivity index (χ1n) is 5.83. The molecule has 0 saturated carbocycles. The number of carbonyl (C=O) groups excluding carboxylic acids is 1. The molecule has 1 aromatic heterocycles. The Morgan fingerprint density at radius 3 is 2.60 bits per heavy atom. The Morgan fingerprint density at radius 1 is 1.15 bits per heavy atom. The van der Waals surface area contributed by atoms with E-state index in [2.05, 4.69) is 10.3 Å². The molecule has 0 aliphatic rings. The van der Waals surface area contributed by atoms with Crippen LogP contribution in [-0.2, 0) is 11.2 Å². The zero-order chi connectivity index (χ0) is 14.5. The van der Waals surface area contributed by atoms with Crippen LogP contribution in [-0.4, -0.2) is 27.1 Å². The summed E-state index contributed by atoms with van der Waals surface area (Å²) >= 11 is 0. The lowest BCUT2D eigenvalue weighted by Crippen LogP contribution is -2.16. The highest BCUT2D eigenvalue weighted by Crippen LogP contribution is 2.12. The van der Waals surface area contributed by atoms with Gasteiger partial charge in [0.2, 0.25) is 5.91 Å². The Morgan fingerprint density at radius 2 is 1.90 bits per heavy atom. The summed E-state index contributed by atoms with van der Waals surface area (Å²) < 4.78 is 0. The fraction of sp³-hybridized carbons (Fsp3) is 0.0714. The van der Waals surface area contributed by atoms with Crippen LogP contribution in [0.5, 0.6) is 5.75 Å². The molecule has 2 rings (SSSR count). The molecular weight excluding hydrogens is 260 g/mol. The van der Waals surface area contributed by atoms with Crippen molar-refractivity contribution < 1.29 is 19.8 Å². The highest BCUT2D eigenvalue weighted by atomic mass is 16.4. The van der Waals surface area contributed by atoms with E-state index < -0.39 is 5.97 Å². The molecule has 0 atom stereocenters. The molecule has 0 bridgehead atoms. The number of pyridine rings is 1. The van der Waals surface area contributed by atoms with Crippen LogP contribution < -0.4 is 5.32 Å². The first-order chi connectivity index (χ1) is 9.54. The van der Waals surface area contributed by atoms with Crippen molar-refractivity contribution in [3.63, 3.8) is 0 Å². The second-order valence-corrected chi connectivity index (χ2v) is 4.11. The number of phenols is 1. The van der Waals surface area contributed by atoms with Gasteiger partial charge in [-0.3, -0.25) is 4.79 Å². The molecule has 3 N–H and O–H groups in total. The number of amides is 1. The van der Waals surface area contributed by atoms with E-state index in [1.165, 1.54) is 30.3 Å². The number of carboxylic acids is 1. The smallest absolute Gasteiger partial charge is 0.354 e. The number of carboxylic acid groups (broad SMARTS) is 1. The number of aromatic carboxylic acids is 1. The highest BCUT2D eigenvalue weighted by Gasteiger charge is 2.08. The minimum Gasteiger partial charge on any atom is -0.508 e. The molecule has 1 heterocycles. The predicted octanol–water partition coefficient (Wildman–Crippen LogP) is 1.67. The van der Waals surface area contributed by atoms with E-state index in [1.54, 1.807) is 12.1 Å². The average molecular weight is 272 g/mol. The molecule has 6 heteroatoms. The molecule has 1 aromatic carbocycles. The molecule has 0 unspecified atom stereocenters. The molecule has 102 valence electrons. The van der Waals surface area contributed by atoms with Crippen molar-refractivity contribution in [3.8, 4) is 5.75 Å². The molecule has 0 radical (unpaired) electrons. The Balaban J connectivity index is 2.04. The predicted molar refractivity (Wildman–Crippen MR) is 71.6 cm³/mol. The Labute approximate surface area is 114 Å². The summed E-state index contributed by atoms with van der Waals surface area (Å²) in [6.07, 6.45) is 0.0629. The highest BCUT2D eigenvalue weighted by molar-refractivity contribution is 5.92. The number of anilines is 1. The molecule has 0 fully saturated rings. The van der Waals surface area contributed by atoms with E-state index >= 15 is 0 Å².